The topological polar surface area (TPSA) is 187 Å². The van der Waals surface area contributed by atoms with Crippen LogP contribution < -0.4 is 11.5 Å². The van der Waals surface area contributed by atoms with Gasteiger partial charge in [-0.2, -0.15) is 0 Å². The minimum Gasteiger partial charge on any atom is -0.510 e. The van der Waals surface area contributed by atoms with Gasteiger partial charge in [-0.15, -0.1) is 0 Å². The van der Waals surface area contributed by atoms with Gasteiger partial charge in [-0.05, 0) is 56.5 Å². The zero-order chi connectivity index (χ0) is 24.6. The number of ketones is 2. The molecule has 0 spiro atoms. The number of nitrogen functional groups attached to an aromatic ring is 1. The van der Waals surface area contributed by atoms with Gasteiger partial charge in [0.2, 0.25) is 5.78 Å². The Bertz CT molecular complexity index is 1180. The first-order valence-electron chi connectivity index (χ1n) is 10.7. The number of Topliss-reactive ketones (excluding diaryl/α,β-unsaturated/α-hetero) is 2. The normalized spacial score (nSPS) is 29.2. The second kappa shape index (κ2) is 7.32. The average Bonchev–Trinajstić information content (AvgIpc) is 2.72. The summed E-state index contributed by atoms with van der Waals surface area (Å²) >= 11 is 0. The number of benzene rings is 1. The second-order valence-electron chi connectivity index (χ2n) is 9.14. The third-order valence-corrected chi connectivity index (χ3v) is 7.23. The summed E-state index contributed by atoms with van der Waals surface area (Å²) in [6.07, 6.45) is 0.862. The van der Waals surface area contributed by atoms with Crippen LogP contribution in [0.1, 0.15) is 34.8 Å². The highest BCUT2D eigenvalue weighted by Crippen LogP contribution is 2.52. The van der Waals surface area contributed by atoms with Crippen LogP contribution in [0.4, 0.5) is 5.69 Å². The van der Waals surface area contributed by atoms with Gasteiger partial charge in [0.05, 0.1) is 17.3 Å². The molecular weight excluding hydrogens is 430 g/mol. The highest BCUT2D eigenvalue weighted by Gasteiger charge is 2.63. The van der Waals surface area contributed by atoms with Crippen molar-refractivity contribution in [3.63, 3.8) is 0 Å². The maximum Gasteiger partial charge on any atom is 0.255 e. The van der Waals surface area contributed by atoms with Gasteiger partial charge in [0.25, 0.3) is 5.91 Å². The molecule has 3 aliphatic rings. The van der Waals surface area contributed by atoms with Crippen LogP contribution in [0.2, 0.25) is 0 Å². The van der Waals surface area contributed by atoms with E-state index in [1.807, 2.05) is 6.92 Å². The molecule has 0 heterocycles. The molecule has 1 aromatic rings. The average molecular weight is 457 g/mol. The molecule has 176 valence electrons. The predicted octanol–water partition coefficient (Wildman–Crippen LogP) is 0.265. The molecule has 0 saturated heterocycles. The van der Waals surface area contributed by atoms with Gasteiger partial charge < -0.3 is 31.9 Å². The lowest BCUT2D eigenvalue weighted by Gasteiger charge is -2.50. The number of aliphatic hydroxyl groups is 3. The van der Waals surface area contributed by atoms with Crippen molar-refractivity contribution in [2.45, 2.75) is 37.8 Å². The lowest BCUT2D eigenvalue weighted by molar-refractivity contribution is -0.148. The van der Waals surface area contributed by atoms with E-state index in [2.05, 4.69) is 0 Å². The molecule has 4 atom stereocenters. The molecule has 0 aliphatic heterocycles. The number of hydrogen-bond donors (Lipinski definition) is 6. The fraction of sp³-hybridized carbons (Fsp3) is 0.435. The van der Waals surface area contributed by atoms with E-state index < -0.39 is 63.8 Å². The van der Waals surface area contributed by atoms with E-state index in [4.69, 9.17) is 11.5 Å². The van der Waals surface area contributed by atoms with Gasteiger partial charge in [0.1, 0.15) is 22.8 Å². The number of hydrogen-bond acceptors (Lipinski definition) is 9. The van der Waals surface area contributed by atoms with Crippen molar-refractivity contribution >= 4 is 23.2 Å². The van der Waals surface area contributed by atoms with Crippen molar-refractivity contribution in [1.82, 2.24) is 4.90 Å². The molecule has 4 rings (SSSR count). The van der Waals surface area contributed by atoms with E-state index in [9.17, 15) is 34.8 Å². The molecule has 0 aromatic heterocycles. The molecule has 1 amide bonds. The highest BCUT2D eigenvalue weighted by molar-refractivity contribution is 6.24. The van der Waals surface area contributed by atoms with E-state index in [0.29, 0.717) is 12.0 Å². The minimum atomic E-state index is -2.64. The van der Waals surface area contributed by atoms with Gasteiger partial charge in [0.15, 0.2) is 11.4 Å². The Balaban J connectivity index is 1.99. The second-order valence-corrected chi connectivity index (χ2v) is 9.14. The predicted molar refractivity (Wildman–Crippen MR) is 117 cm³/mol. The molecule has 0 saturated carbocycles. The smallest absolute Gasteiger partial charge is 0.255 e. The zero-order valence-electron chi connectivity index (χ0n) is 18.5. The van der Waals surface area contributed by atoms with E-state index in [1.165, 1.54) is 4.90 Å². The molecule has 0 radical (unpaired) electrons. The molecule has 10 nitrogen and oxygen atoms in total. The highest BCUT2D eigenvalue weighted by atomic mass is 16.3. The molecule has 1 aromatic carbocycles. The van der Waals surface area contributed by atoms with E-state index in [1.54, 1.807) is 20.2 Å². The fourth-order valence-electron chi connectivity index (χ4n) is 5.73. The summed E-state index contributed by atoms with van der Waals surface area (Å²) in [6.45, 7) is 1.88. The Kier molecular flexibility index (Phi) is 5.06. The Morgan fingerprint density at radius 1 is 1.24 bits per heavy atom. The molecule has 3 aliphatic carbocycles. The summed E-state index contributed by atoms with van der Waals surface area (Å²) in [4.78, 5) is 40.2. The molecular formula is C23H27N3O7. The first kappa shape index (κ1) is 22.8. The van der Waals surface area contributed by atoms with Crippen molar-refractivity contribution in [3.05, 3.63) is 45.4 Å². The van der Waals surface area contributed by atoms with Gasteiger partial charge >= 0.3 is 0 Å². The van der Waals surface area contributed by atoms with Gasteiger partial charge in [-0.3, -0.25) is 19.3 Å². The number of rotatable bonds is 3. The van der Waals surface area contributed by atoms with Gasteiger partial charge in [0, 0.05) is 11.5 Å². The summed E-state index contributed by atoms with van der Waals surface area (Å²) in [5.74, 6) is -6.79. The van der Waals surface area contributed by atoms with Crippen LogP contribution in [-0.2, 0) is 22.4 Å². The maximum atomic E-state index is 13.5. The number of carbonyl (C=O) groups is 3. The number of nitrogens with zero attached hydrogens (tertiary/aromatic N) is 1. The van der Waals surface area contributed by atoms with Crippen LogP contribution >= 0.6 is 0 Å². The van der Waals surface area contributed by atoms with Crippen LogP contribution in [0.5, 0.6) is 5.75 Å². The Hall–Kier alpha value is -3.37. The lowest BCUT2D eigenvalue weighted by Crippen LogP contribution is -2.63. The van der Waals surface area contributed by atoms with Crippen molar-refractivity contribution < 1.29 is 34.8 Å². The quantitative estimate of drug-likeness (QED) is 0.210. The summed E-state index contributed by atoms with van der Waals surface area (Å²) in [5.41, 5.74) is 8.84. The van der Waals surface area contributed by atoms with Crippen molar-refractivity contribution in [2.75, 3.05) is 19.8 Å². The lowest BCUT2D eigenvalue weighted by atomic mass is 9.58. The number of primary amides is 1. The van der Waals surface area contributed by atoms with Crippen LogP contribution in [0.25, 0.3) is 0 Å². The Morgan fingerprint density at radius 2 is 1.88 bits per heavy atom. The summed E-state index contributed by atoms with van der Waals surface area (Å²) < 4.78 is 0. The van der Waals surface area contributed by atoms with Crippen molar-refractivity contribution in [3.8, 4) is 5.75 Å². The Labute approximate surface area is 189 Å². The molecule has 10 heteroatoms. The molecule has 4 unspecified atom stereocenters. The van der Waals surface area contributed by atoms with E-state index >= 15 is 0 Å². The first-order valence-corrected chi connectivity index (χ1v) is 10.7. The number of aliphatic hydroxyl groups excluding tert-OH is 2. The minimum absolute atomic E-state index is 0.00942. The molecule has 8 N–H and O–H groups in total. The van der Waals surface area contributed by atoms with Crippen LogP contribution in [0.15, 0.2) is 28.7 Å². The number of nitrogens with two attached hydrogens (primary N) is 2. The number of aryl methyl sites for hydroxylation is 1. The third-order valence-electron chi connectivity index (χ3n) is 7.23. The number of anilines is 1. The summed E-state index contributed by atoms with van der Waals surface area (Å²) in [5, 5.41) is 44.0. The molecule has 0 bridgehead atoms. The monoisotopic (exact) mass is 457 g/mol. The first-order chi connectivity index (χ1) is 15.4. The number of amides is 1. The Morgan fingerprint density at radius 3 is 2.42 bits per heavy atom. The van der Waals surface area contributed by atoms with Crippen LogP contribution in [0.3, 0.4) is 0 Å². The number of phenols is 1. The third kappa shape index (κ3) is 2.83. The molecule has 33 heavy (non-hydrogen) atoms. The number of allylic oxidation sites excluding steroid dienone is 1. The number of fused-ring (bicyclic) bond motifs is 3. The SMILES string of the molecule is CCc1cc(N)c(O)c2c1CC1CC3C(N(C)C)C(O)=C(C(N)=O)C(=O)C3(O)C(O)=C1C2=O. The van der Waals surface area contributed by atoms with Gasteiger partial charge in [-0.1, -0.05) is 6.92 Å². The zero-order valence-corrected chi connectivity index (χ0v) is 18.5. The fourth-order valence-corrected chi connectivity index (χ4v) is 5.73. The van der Waals surface area contributed by atoms with E-state index in [0.717, 1.165) is 5.56 Å². The number of phenolic OH excluding ortho intramolecular Hbond substituents is 1. The van der Waals surface area contributed by atoms with Crippen LogP contribution in [0, 0.1) is 11.8 Å². The van der Waals surface area contributed by atoms with Crippen molar-refractivity contribution in [1.29, 1.82) is 0 Å². The summed E-state index contributed by atoms with van der Waals surface area (Å²) in [6, 6.07) is 0.594. The number of carbonyl (C=O) groups excluding carboxylic acids is 3. The summed E-state index contributed by atoms with van der Waals surface area (Å²) in [7, 11) is 3.17. The van der Waals surface area contributed by atoms with Crippen LogP contribution in [-0.4, -0.2) is 68.5 Å². The maximum absolute atomic E-state index is 13.5. The van der Waals surface area contributed by atoms with Crippen molar-refractivity contribution in [2.24, 2.45) is 17.6 Å². The van der Waals surface area contributed by atoms with Gasteiger partial charge in [-0.25, -0.2) is 0 Å². The number of likely N-dealkylation sites (N-methyl/N-ethyl adjacent to an activating group) is 1. The number of aromatic hydroxyl groups is 1. The molecule has 0 fully saturated rings. The van der Waals surface area contributed by atoms with E-state index in [-0.39, 0.29) is 29.7 Å². The standard InChI is InChI=1S/C23H27N3O7/c1-4-8-7-12(24)17(27)14-10(8)5-9-6-11-16(26(2)3)19(29)15(22(25)32)21(31)23(11,33)20(30)13(9)18(14)28/h7,9,11,16,27,29-30,33H,4-6,24H2,1-3H3,(H2,25,32). The largest absolute Gasteiger partial charge is 0.510 e.